The Balaban J connectivity index is 1.65. The first-order chi connectivity index (χ1) is 12.3. The number of amides is 1. The van der Waals surface area contributed by atoms with Gasteiger partial charge in [0, 0.05) is 13.6 Å². The molecule has 1 amide bonds. The van der Waals surface area contributed by atoms with Crippen LogP contribution >= 0.6 is 0 Å². The maximum atomic E-state index is 13.2. The highest BCUT2D eigenvalue weighted by atomic mass is 16.6. The third kappa shape index (κ3) is 2.86. The number of rotatable bonds is 3. The standard InChI is InChI=1S/C18H20N4O3/c1-19-16-11-20-10-13(21-16)14-5-3-7-22(14)18(23)12-4-2-6-15-17(12)25-9-8-24-15/h2,4,6,10-11,14H,3,5,7-9H2,1H3,(H,19,21). The molecule has 1 aromatic heterocycles. The molecule has 0 saturated carbocycles. The van der Waals surface area contributed by atoms with Gasteiger partial charge < -0.3 is 19.7 Å². The molecule has 7 nitrogen and oxygen atoms in total. The Morgan fingerprint density at radius 1 is 1.28 bits per heavy atom. The van der Waals surface area contributed by atoms with Crippen LogP contribution in [0.3, 0.4) is 0 Å². The highest BCUT2D eigenvalue weighted by Crippen LogP contribution is 2.38. The van der Waals surface area contributed by atoms with Gasteiger partial charge in [0.05, 0.1) is 29.7 Å². The number of para-hydroxylation sites is 1. The Bertz CT molecular complexity index is 796. The van der Waals surface area contributed by atoms with Crippen molar-refractivity contribution in [1.29, 1.82) is 0 Å². The predicted octanol–water partition coefficient (Wildman–Crippen LogP) is 2.27. The maximum absolute atomic E-state index is 13.2. The van der Waals surface area contributed by atoms with Crippen molar-refractivity contribution in [1.82, 2.24) is 14.9 Å². The molecule has 0 spiro atoms. The van der Waals surface area contributed by atoms with Gasteiger partial charge in [-0.2, -0.15) is 0 Å². The maximum Gasteiger partial charge on any atom is 0.258 e. The van der Waals surface area contributed by atoms with Gasteiger partial charge in [0.25, 0.3) is 5.91 Å². The van der Waals surface area contributed by atoms with Crippen LogP contribution in [0.25, 0.3) is 0 Å². The first kappa shape index (κ1) is 15.7. The number of ether oxygens (including phenoxy) is 2. The lowest BCUT2D eigenvalue weighted by molar-refractivity contribution is 0.0722. The van der Waals surface area contributed by atoms with E-state index >= 15 is 0 Å². The zero-order valence-electron chi connectivity index (χ0n) is 14.1. The van der Waals surface area contributed by atoms with E-state index in [0.29, 0.717) is 42.6 Å². The predicted molar refractivity (Wildman–Crippen MR) is 92.0 cm³/mol. The largest absolute Gasteiger partial charge is 0.486 e. The minimum absolute atomic E-state index is 0.0542. The normalized spacial score (nSPS) is 18.9. The van der Waals surface area contributed by atoms with Gasteiger partial charge in [-0.15, -0.1) is 0 Å². The molecule has 130 valence electrons. The van der Waals surface area contributed by atoms with E-state index in [1.807, 2.05) is 17.0 Å². The van der Waals surface area contributed by atoms with Crippen LogP contribution in [0.4, 0.5) is 5.82 Å². The summed E-state index contributed by atoms with van der Waals surface area (Å²) in [7, 11) is 1.80. The highest BCUT2D eigenvalue weighted by Gasteiger charge is 2.34. The number of aromatic nitrogens is 2. The molecular formula is C18H20N4O3. The average molecular weight is 340 g/mol. The zero-order chi connectivity index (χ0) is 17.2. The molecule has 2 aliphatic rings. The van der Waals surface area contributed by atoms with Crippen molar-refractivity contribution in [3.63, 3.8) is 0 Å². The van der Waals surface area contributed by atoms with Gasteiger partial charge >= 0.3 is 0 Å². The van der Waals surface area contributed by atoms with E-state index in [2.05, 4.69) is 15.3 Å². The number of nitrogens with one attached hydrogen (secondary N) is 1. The summed E-state index contributed by atoms with van der Waals surface area (Å²) in [6, 6.07) is 5.37. The second-order valence-electron chi connectivity index (χ2n) is 6.07. The third-order valence-corrected chi connectivity index (χ3v) is 4.56. The molecule has 7 heteroatoms. The number of hydrogen-bond donors (Lipinski definition) is 1. The summed E-state index contributed by atoms with van der Waals surface area (Å²) < 4.78 is 11.3. The Morgan fingerprint density at radius 3 is 3.04 bits per heavy atom. The van der Waals surface area contributed by atoms with Crippen molar-refractivity contribution in [2.45, 2.75) is 18.9 Å². The molecule has 1 saturated heterocycles. The number of fused-ring (bicyclic) bond motifs is 1. The molecule has 25 heavy (non-hydrogen) atoms. The van der Waals surface area contributed by atoms with Crippen molar-refractivity contribution in [2.75, 3.05) is 32.1 Å². The molecule has 2 aromatic rings. The number of hydrogen-bond acceptors (Lipinski definition) is 6. The van der Waals surface area contributed by atoms with Gasteiger partial charge in [-0.25, -0.2) is 4.98 Å². The first-order valence-corrected chi connectivity index (χ1v) is 8.47. The van der Waals surface area contributed by atoms with Gasteiger partial charge in [-0.3, -0.25) is 9.78 Å². The quantitative estimate of drug-likeness (QED) is 0.924. The molecule has 1 aromatic carbocycles. The Morgan fingerprint density at radius 2 is 2.16 bits per heavy atom. The second-order valence-corrected chi connectivity index (χ2v) is 6.07. The number of anilines is 1. The van der Waals surface area contributed by atoms with Gasteiger partial charge in [0.15, 0.2) is 11.5 Å². The van der Waals surface area contributed by atoms with E-state index in [1.54, 1.807) is 25.5 Å². The fraction of sp³-hybridized carbons (Fsp3) is 0.389. The van der Waals surface area contributed by atoms with E-state index < -0.39 is 0 Å². The molecule has 1 N–H and O–H groups in total. The minimum Gasteiger partial charge on any atom is -0.486 e. The fourth-order valence-electron chi connectivity index (χ4n) is 3.38. The summed E-state index contributed by atoms with van der Waals surface area (Å²) in [6.07, 6.45) is 5.22. The van der Waals surface area contributed by atoms with Crippen LogP contribution in [0.1, 0.15) is 34.9 Å². The zero-order valence-corrected chi connectivity index (χ0v) is 14.1. The molecule has 0 radical (unpaired) electrons. The number of carbonyl (C=O) groups is 1. The lowest BCUT2D eigenvalue weighted by Gasteiger charge is -2.27. The van der Waals surface area contributed by atoms with Gasteiger partial charge in [0.1, 0.15) is 19.0 Å². The van der Waals surface area contributed by atoms with Crippen LogP contribution in [0.15, 0.2) is 30.6 Å². The van der Waals surface area contributed by atoms with Gasteiger partial charge in [-0.1, -0.05) is 6.07 Å². The second kappa shape index (κ2) is 6.58. The van der Waals surface area contributed by atoms with Crippen LogP contribution < -0.4 is 14.8 Å². The SMILES string of the molecule is CNc1cncc(C2CCCN2C(=O)c2cccc3c2OCCO3)n1. The van der Waals surface area contributed by atoms with Gasteiger partial charge in [0.2, 0.25) is 0 Å². The topological polar surface area (TPSA) is 76.6 Å². The Kier molecular flexibility index (Phi) is 4.13. The summed E-state index contributed by atoms with van der Waals surface area (Å²) in [5.74, 6) is 1.82. The Labute approximate surface area is 146 Å². The molecular weight excluding hydrogens is 320 g/mol. The van der Waals surface area contributed by atoms with Crippen LogP contribution in [0.5, 0.6) is 11.5 Å². The molecule has 2 aliphatic heterocycles. The smallest absolute Gasteiger partial charge is 0.258 e. The fourth-order valence-corrected chi connectivity index (χ4v) is 3.38. The van der Waals surface area contributed by atoms with E-state index in [0.717, 1.165) is 18.5 Å². The van der Waals surface area contributed by atoms with Crippen molar-refractivity contribution in [2.24, 2.45) is 0 Å². The van der Waals surface area contributed by atoms with Crippen molar-refractivity contribution in [3.8, 4) is 11.5 Å². The Hall–Kier alpha value is -2.83. The van der Waals surface area contributed by atoms with E-state index in [1.165, 1.54) is 0 Å². The van der Waals surface area contributed by atoms with Crippen LogP contribution in [0.2, 0.25) is 0 Å². The summed E-state index contributed by atoms with van der Waals surface area (Å²) in [6.45, 7) is 1.65. The molecule has 3 heterocycles. The third-order valence-electron chi connectivity index (χ3n) is 4.56. The highest BCUT2D eigenvalue weighted by molar-refractivity contribution is 5.98. The average Bonchev–Trinajstić information content (AvgIpc) is 3.17. The lowest BCUT2D eigenvalue weighted by Crippen LogP contribution is -2.32. The summed E-state index contributed by atoms with van der Waals surface area (Å²) in [5, 5.41) is 2.99. The lowest BCUT2D eigenvalue weighted by atomic mass is 10.1. The van der Waals surface area contributed by atoms with Crippen molar-refractivity contribution < 1.29 is 14.3 Å². The van der Waals surface area contributed by atoms with E-state index in [-0.39, 0.29) is 11.9 Å². The van der Waals surface area contributed by atoms with E-state index in [9.17, 15) is 4.79 Å². The molecule has 1 atom stereocenters. The molecule has 4 rings (SSSR count). The van der Waals surface area contributed by atoms with Gasteiger partial charge in [-0.05, 0) is 25.0 Å². The molecule has 0 bridgehead atoms. The summed E-state index contributed by atoms with van der Waals surface area (Å²) >= 11 is 0. The number of nitrogens with zero attached hydrogens (tertiary/aromatic N) is 3. The molecule has 1 unspecified atom stereocenters. The minimum atomic E-state index is -0.0753. The first-order valence-electron chi connectivity index (χ1n) is 8.47. The summed E-state index contributed by atoms with van der Waals surface area (Å²) in [4.78, 5) is 23.8. The number of likely N-dealkylation sites (tertiary alicyclic amines) is 1. The number of carbonyl (C=O) groups excluding carboxylic acids is 1. The number of benzene rings is 1. The van der Waals surface area contributed by atoms with Crippen molar-refractivity contribution >= 4 is 11.7 Å². The van der Waals surface area contributed by atoms with Crippen LogP contribution in [0, 0.1) is 0 Å². The van der Waals surface area contributed by atoms with Crippen LogP contribution in [-0.2, 0) is 0 Å². The van der Waals surface area contributed by atoms with Crippen molar-refractivity contribution in [3.05, 3.63) is 41.9 Å². The van der Waals surface area contributed by atoms with Crippen LogP contribution in [-0.4, -0.2) is 47.6 Å². The van der Waals surface area contributed by atoms with E-state index in [4.69, 9.17) is 9.47 Å². The monoisotopic (exact) mass is 340 g/mol. The molecule has 0 aliphatic carbocycles. The summed E-state index contributed by atoms with van der Waals surface area (Å²) in [5.41, 5.74) is 1.35. The molecule has 1 fully saturated rings.